The minimum Gasteiger partial charge on any atom is -0.310 e. The molecule has 1 heteroatoms. The molecule has 1 nitrogen and oxygen atoms in total. The van der Waals surface area contributed by atoms with Crippen molar-refractivity contribution in [3.05, 3.63) is 77.4 Å². The Bertz CT molecular complexity index is 644. The Balaban J connectivity index is 1.70. The first-order chi connectivity index (χ1) is 9.87. The summed E-state index contributed by atoms with van der Waals surface area (Å²) in [5, 5.41) is 3.68. The number of allylic oxidation sites excluding steroid dienone is 1. The predicted octanol–water partition coefficient (Wildman–Crippen LogP) is 4.08. The molecular weight excluding hydrogens is 242 g/mol. The van der Waals surface area contributed by atoms with Gasteiger partial charge in [-0.05, 0) is 36.1 Å². The van der Waals surface area contributed by atoms with E-state index in [-0.39, 0.29) is 5.41 Å². The molecule has 1 heterocycles. The fourth-order valence-corrected chi connectivity index (χ4v) is 3.76. The van der Waals surface area contributed by atoms with Gasteiger partial charge in [-0.25, -0.2) is 0 Å². The highest BCUT2D eigenvalue weighted by Crippen LogP contribution is 2.46. The molecule has 1 spiro atoms. The summed E-state index contributed by atoms with van der Waals surface area (Å²) >= 11 is 0. The van der Waals surface area contributed by atoms with Crippen LogP contribution in [0.4, 0.5) is 0 Å². The first kappa shape index (κ1) is 11.9. The molecule has 0 amide bonds. The van der Waals surface area contributed by atoms with Crippen LogP contribution < -0.4 is 5.32 Å². The molecule has 1 saturated heterocycles. The molecule has 4 rings (SSSR count). The molecule has 20 heavy (non-hydrogen) atoms. The summed E-state index contributed by atoms with van der Waals surface area (Å²) in [7, 11) is 0. The quantitative estimate of drug-likeness (QED) is 0.815. The molecule has 1 N–H and O–H groups in total. The molecule has 0 saturated carbocycles. The summed E-state index contributed by atoms with van der Waals surface area (Å²) in [5.74, 6) is 0. The third-order valence-corrected chi connectivity index (χ3v) is 4.81. The molecule has 2 aliphatic rings. The van der Waals surface area contributed by atoms with Crippen LogP contribution in [0.5, 0.6) is 0 Å². The maximum absolute atomic E-state index is 3.68. The average molecular weight is 261 g/mol. The van der Waals surface area contributed by atoms with Gasteiger partial charge >= 0.3 is 0 Å². The minimum absolute atomic E-state index is 0.238. The Kier molecular flexibility index (Phi) is 2.75. The van der Waals surface area contributed by atoms with Crippen molar-refractivity contribution in [1.82, 2.24) is 5.32 Å². The van der Waals surface area contributed by atoms with Crippen molar-refractivity contribution in [2.45, 2.75) is 24.3 Å². The molecule has 0 radical (unpaired) electrons. The molecular formula is C19H19N. The lowest BCUT2D eigenvalue weighted by atomic mass is 9.71. The summed E-state index contributed by atoms with van der Waals surface area (Å²) < 4.78 is 0. The third-order valence-electron chi connectivity index (χ3n) is 4.81. The van der Waals surface area contributed by atoms with Crippen molar-refractivity contribution in [2.75, 3.05) is 6.54 Å². The van der Waals surface area contributed by atoms with Gasteiger partial charge in [0.2, 0.25) is 0 Å². The van der Waals surface area contributed by atoms with E-state index < -0.39 is 0 Å². The van der Waals surface area contributed by atoms with Crippen molar-refractivity contribution in [2.24, 2.45) is 0 Å². The van der Waals surface area contributed by atoms with Gasteiger partial charge in [-0.1, -0.05) is 66.7 Å². The van der Waals surface area contributed by atoms with Crippen LogP contribution in [0, 0.1) is 0 Å². The Morgan fingerprint density at radius 2 is 1.75 bits per heavy atom. The number of nitrogens with one attached hydrogen (secondary N) is 1. The predicted molar refractivity (Wildman–Crippen MR) is 83.6 cm³/mol. The van der Waals surface area contributed by atoms with E-state index in [9.17, 15) is 0 Å². The van der Waals surface area contributed by atoms with Gasteiger partial charge in [-0.15, -0.1) is 0 Å². The third kappa shape index (κ3) is 1.82. The minimum atomic E-state index is 0.238. The molecule has 1 aliphatic carbocycles. The standard InChI is InChI=1S/C19H19N/c1-2-7-16(8-3-1)18-14-19(12-13-20-18)11-10-15-6-4-5-9-17(15)19/h1-11,18,20H,12-14H2. The molecule has 2 aromatic rings. The number of benzene rings is 2. The number of hydrogen-bond acceptors (Lipinski definition) is 1. The summed E-state index contributed by atoms with van der Waals surface area (Å²) in [6.45, 7) is 1.08. The van der Waals surface area contributed by atoms with Crippen LogP contribution in [-0.4, -0.2) is 6.54 Å². The number of fused-ring (bicyclic) bond motifs is 2. The Labute approximate surface area is 120 Å². The second-order valence-electron chi connectivity index (χ2n) is 5.95. The lowest BCUT2D eigenvalue weighted by molar-refractivity contribution is 0.307. The summed E-state index contributed by atoms with van der Waals surface area (Å²) in [4.78, 5) is 0. The fraction of sp³-hybridized carbons (Fsp3) is 0.263. The normalized spacial score (nSPS) is 27.7. The van der Waals surface area contributed by atoms with E-state index in [4.69, 9.17) is 0 Å². The van der Waals surface area contributed by atoms with Gasteiger partial charge in [0, 0.05) is 11.5 Å². The highest BCUT2D eigenvalue weighted by molar-refractivity contribution is 5.65. The van der Waals surface area contributed by atoms with Crippen molar-refractivity contribution < 1.29 is 0 Å². The van der Waals surface area contributed by atoms with Gasteiger partial charge in [0.15, 0.2) is 0 Å². The van der Waals surface area contributed by atoms with Crippen molar-refractivity contribution in [3.8, 4) is 0 Å². The number of hydrogen-bond donors (Lipinski definition) is 1. The Morgan fingerprint density at radius 1 is 0.950 bits per heavy atom. The topological polar surface area (TPSA) is 12.0 Å². The maximum Gasteiger partial charge on any atom is 0.0331 e. The Hall–Kier alpha value is -1.86. The highest BCUT2D eigenvalue weighted by atomic mass is 14.9. The van der Waals surface area contributed by atoms with E-state index in [2.05, 4.69) is 72.1 Å². The van der Waals surface area contributed by atoms with Crippen molar-refractivity contribution >= 4 is 6.08 Å². The van der Waals surface area contributed by atoms with Crippen molar-refractivity contribution in [3.63, 3.8) is 0 Å². The molecule has 1 aliphatic heterocycles. The van der Waals surface area contributed by atoms with Crippen molar-refractivity contribution in [1.29, 1.82) is 0 Å². The second kappa shape index (κ2) is 4.60. The molecule has 0 bridgehead atoms. The van der Waals surface area contributed by atoms with E-state index in [1.807, 2.05) is 0 Å². The molecule has 0 aromatic heterocycles. The molecule has 2 unspecified atom stereocenters. The molecule has 2 aromatic carbocycles. The van der Waals surface area contributed by atoms with E-state index in [0.717, 1.165) is 13.0 Å². The smallest absolute Gasteiger partial charge is 0.0331 e. The van der Waals surface area contributed by atoms with E-state index in [0.29, 0.717) is 6.04 Å². The van der Waals surface area contributed by atoms with E-state index in [1.54, 1.807) is 0 Å². The van der Waals surface area contributed by atoms with Gasteiger partial charge in [-0.3, -0.25) is 0 Å². The molecule has 1 fully saturated rings. The fourth-order valence-electron chi connectivity index (χ4n) is 3.76. The van der Waals surface area contributed by atoms with Gasteiger partial charge in [-0.2, -0.15) is 0 Å². The van der Waals surface area contributed by atoms with Crippen LogP contribution in [0.1, 0.15) is 35.6 Å². The van der Waals surface area contributed by atoms with Crippen LogP contribution in [0.25, 0.3) is 6.08 Å². The van der Waals surface area contributed by atoms with Crippen LogP contribution in [-0.2, 0) is 5.41 Å². The maximum atomic E-state index is 3.68. The number of rotatable bonds is 1. The SMILES string of the molecule is C1=CC2(CCNC(c3ccccc3)C2)c2ccccc21. The molecule has 100 valence electrons. The van der Waals surface area contributed by atoms with Crippen LogP contribution in [0.3, 0.4) is 0 Å². The van der Waals surface area contributed by atoms with Crippen LogP contribution in [0.2, 0.25) is 0 Å². The lowest BCUT2D eigenvalue weighted by Gasteiger charge is -2.39. The highest BCUT2D eigenvalue weighted by Gasteiger charge is 2.39. The molecule has 2 atom stereocenters. The monoisotopic (exact) mass is 261 g/mol. The van der Waals surface area contributed by atoms with E-state index in [1.165, 1.54) is 23.1 Å². The first-order valence-electron chi connectivity index (χ1n) is 7.44. The van der Waals surface area contributed by atoms with Gasteiger partial charge < -0.3 is 5.32 Å². The van der Waals surface area contributed by atoms with Crippen LogP contribution >= 0.6 is 0 Å². The average Bonchev–Trinajstić information content (AvgIpc) is 2.87. The summed E-state index contributed by atoms with van der Waals surface area (Å²) in [5.41, 5.74) is 4.57. The largest absolute Gasteiger partial charge is 0.310 e. The number of piperidine rings is 1. The first-order valence-corrected chi connectivity index (χ1v) is 7.44. The zero-order valence-electron chi connectivity index (χ0n) is 11.5. The van der Waals surface area contributed by atoms with Gasteiger partial charge in [0.05, 0.1) is 0 Å². The van der Waals surface area contributed by atoms with Gasteiger partial charge in [0.1, 0.15) is 0 Å². The zero-order chi connectivity index (χ0) is 13.4. The Morgan fingerprint density at radius 3 is 2.65 bits per heavy atom. The summed E-state index contributed by atoms with van der Waals surface area (Å²) in [6.07, 6.45) is 7.10. The second-order valence-corrected chi connectivity index (χ2v) is 5.95. The zero-order valence-corrected chi connectivity index (χ0v) is 11.5. The summed E-state index contributed by atoms with van der Waals surface area (Å²) in [6, 6.07) is 20.2. The van der Waals surface area contributed by atoms with Gasteiger partial charge in [0.25, 0.3) is 0 Å². The lowest BCUT2D eigenvalue weighted by Crippen LogP contribution is -2.40. The van der Waals surface area contributed by atoms with E-state index >= 15 is 0 Å². The van der Waals surface area contributed by atoms with Crippen LogP contribution in [0.15, 0.2) is 60.7 Å².